The summed E-state index contributed by atoms with van der Waals surface area (Å²) in [6.45, 7) is 4.14. The van der Waals surface area contributed by atoms with Crippen LogP contribution in [0.25, 0.3) is 11.0 Å². The fraction of sp³-hybridized carbons (Fsp3) is 0.412. The van der Waals surface area contributed by atoms with Gasteiger partial charge in [0.15, 0.2) is 0 Å². The maximum atomic E-state index is 13.9. The normalized spacial score (nSPS) is 18.0. The van der Waals surface area contributed by atoms with Crippen molar-refractivity contribution in [1.29, 1.82) is 0 Å². The van der Waals surface area contributed by atoms with E-state index in [1.165, 1.54) is 11.0 Å². The van der Waals surface area contributed by atoms with Crippen LogP contribution >= 0.6 is 0 Å². The molecule has 0 aliphatic carbocycles. The molecular weight excluding hydrogens is 313 g/mol. The predicted molar refractivity (Wildman–Crippen MR) is 85.2 cm³/mol. The van der Waals surface area contributed by atoms with Crippen LogP contribution in [0.15, 0.2) is 12.1 Å². The fourth-order valence-corrected chi connectivity index (χ4v) is 2.99. The number of hydrogen-bond donors (Lipinski definition) is 1. The molecule has 0 spiro atoms. The molecule has 1 aromatic carbocycles. The van der Waals surface area contributed by atoms with E-state index in [4.69, 9.17) is 0 Å². The number of benzene rings is 1. The number of carbonyl (C=O) groups excluding carboxylic acids is 1. The lowest BCUT2D eigenvalue weighted by Gasteiger charge is -2.31. The quantitative estimate of drug-likeness (QED) is 0.913. The van der Waals surface area contributed by atoms with Crippen LogP contribution in [0.3, 0.4) is 0 Å². The second-order valence-corrected chi connectivity index (χ2v) is 6.14. The summed E-state index contributed by atoms with van der Waals surface area (Å²) >= 11 is 0. The van der Waals surface area contributed by atoms with Crippen LogP contribution in [0, 0.1) is 25.6 Å². The van der Waals surface area contributed by atoms with Crippen LogP contribution in [0.4, 0.5) is 4.39 Å². The lowest BCUT2D eigenvalue weighted by atomic mass is 9.97. The van der Waals surface area contributed by atoms with E-state index in [2.05, 4.69) is 9.97 Å². The van der Waals surface area contributed by atoms with Gasteiger partial charge in [-0.05, 0) is 32.8 Å². The second-order valence-electron chi connectivity index (χ2n) is 6.14. The number of amides is 1. The average molecular weight is 331 g/mol. The highest BCUT2D eigenvalue weighted by Crippen LogP contribution is 2.24. The number of nitrogens with zero attached hydrogens (tertiary/aromatic N) is 3. The predicted octanol–water partition coefficient (Wildman–Crippen LogP) is 2.32. The minimum Gasteiger partial charge on any atom is -0.481 e. The van der Waals surface area contributed by atoms with Gasteiger partial charge >= 0.3 is 5.97 Å². The van der Waals surface area contributed by atoms with Gasteiger partial charge in [0.05, 0.1) is 28.4 Å². The first-order valence-corrected chi connectivity index (χ1v) is 7.83. The van der Waals surface area contributed by atoms with Crippen molar-refractivity contribution in [2.24, 2.45) is 5.92 Å². The Bertz CT molecular complexity index is 837. The van der Waals surface area contributed by atoms with E-state index in [-0.39, 0.29) is 12.1 Å². The van der Waals surface area contributed by atoms with E-state index in [0.29, 0.717) is 41.8 Å². The third kappa shape index (κ3) is 2.93. The van der Waals surface area contributed by atoms with Crippen LogP contribution in [0.1, 0.15) is 34.6 Å². The molecule has 1 N–H and O–H groups in total. The Labute approximate surface area is 138 Å². The van der Waals surface area contributed by atoms with Gasteiger partial charge in [-0.2, -0.15) is 0 Å². The molecule has 2 aromatic rings. The van der Waals surface area contributed by atoms with Crippen molar-refractivity contribution in [1.82, 2.24) is 14.9 Å². The van der Waals surface area contributed by atoms with E-state index in [1.54, 1.807) is 13.8 Å². The molecule has 0 saturated carbocycles. The smallest absolute Gasteiger partial charge is 0.308 e. The number of carboxylic acid groups (broad SMARTS) is 1. The zero-order valence-electron chi connectivity index (χ0n) is 13.5. The first-order chi connectivity index (χ1) is 11.4. The summed E-state index contributed by atoms with van der Waals surface area (Å²) in [7, 11) is 0. The summed E-state index contributed by atoms with van der Waals surface area (Å²) in [6, 6.07) is 2.40. The average Bonchev–Trinajstić information content (AvgIpc) is 2.55. The van der Waals surface area contributed by atoms with Gasteiger partial charge in [0.25, 0.3) is 5.91 Å². The summed E-state index contributed by atoms with van der Waals surface area (Å²) in [5.74, 6) is -2.46. The molecule has 1 aromatic heterocycles. The van der Waals surface area contributed by atoms with Crippen molar-refractivity contribution < 1.29 is 19.1 Å². The third-order valence-corrected chi connectivity index (χ3v) is 4.43. The van der Waals surface area contributed by atoms with Crippen molar-refractivity contribution in [2.45, 2.75) is 26.7 Å². The van der Waals surface area contributed by atoms with E-state index in [9.17, 15) is 19.1 Å². The summed E-state index contributed by atoms with van der Waals surface area (Å²) in [6.07, 6.45) is 1.15. The van der Waals surface area contributed by atoms with Crippen molar-refractivity contribution in [3.8, 4) is 0 Å². The molecule has 126 valence electrons. The highest BCUT2D eigenvalue weighted by atomic mass is 19.1. The Morgan fingerprint density at radius 3 is 2.67 bits per heavy atom. The van der Waals surface area contributed by atoms with Gasteiger partial charge in [-0.1, -0.05) is 0 Å². The van der Waals surface area contributed by atoms with E-state index < -0.39 is 23.6 Å². The number of hydrogen-bond acceptors (Lipinski definition) is 4. The molecule has 0 bridgehead atoms. The van der Waals surface area contributed by atoms with E-state index >= 15 is 0 Å². The molecule has 3 rings (SSSR count). The molecule has 1 atom stereocenters. The highest BCUT2D eigenvalue weighted by molar-refractivity contribution is 6.05. The van der Waals surface area contributed by atoms with E-state index in [0.717, 1.165) is 6.07 Å². The molecule has 1 amide bonds. The Kier molecular flexibility index (Phi) is 4.17. The SMILES string of the molecule is Cc1nc2cc(F)cc(C(=O)N3CCCC(C(=O)O)C3)c2nc1C. The number of carboxylic acids is 1. The highest BCUT2D eigenvalue weighted by Gasteiger charge is 2.30. The van der Waals surface area contributed by atoms with Gasteiger partial charge in [0.1, 0.15) is 11.3 Å². The molecule has 1 aliphatic rings. The van der Waals surface area contributed by atoms with Gasteiger partial charge in [-0.15, -0.1) is 0 Å². The Morgan fingerprint density at radius 1 is 1.25 bits per heavy atom. The first kappa shape index (κ1) is 16.3. The maximum Gasteiger partial charge on any atom is 0.308 e. The zero-order chi connectivity index (χ0) is 17.4. The number of halogens is 1. The van der Waals surface area contributed by atoms with E-state index in [1.807, 2.05) is 0 Å². The minimum atomic E-state index is -0.914. The standard InChI is InChI=1S/C17H18FN3O3/c1-9-10(2)20-15-13(6-12(18)7-14(15)19-9)16(22)21-5-3-4-11(8-21)17(23)24/h6-7,11H,3-5,8H2,1-2H3,(H,23,24). The number of rotatable bonds is 2. The molecule has 7 heteroatoms. The largest absolute Gasteiger partial charge is 0.481 e. The molecule has 1 saturated heterocycles. The van der Waals surface area contributed by atoms with Crippen LogP contribution in [-0.4, -0.2) is 44.9 Å². The molecule has 2 heterocycles. The van der Waals surface area contributed by atoms with Gasteiger partial charge in [-0.3, -0.25) is 9.59 Å². The summed E-state index contributed by atoms with van der Waals surface area (Å²) in [5.41, 5.74) is 2.16. The maximum absolute atomic E-state index is 13.9. The molecule has 0 radical (unpaired) electrons. The van der Waals surface area contributed by atoms with Crippen LogP contribution in [-0.2, 0) is 4.79 Å². The molecule has 1 aliphatic heterocycles. The van der Waals surface area contributed by atoms with Gasteiger partial charge in [-0.25, -0.2) is 14.4 Å². The van der Waals surface area contributed by atoms with Crippen LogP contribution < -0.4 is 0 Å². The Balaban J connectivity index is 2.03. The number of aryl methyl sites for hydroxylation is 2. The third-order valence-electron chi connectivity index (χ3n) is 4.43. The molecule has 6 nitrogen and oxygen atoms in total. The van der Waals surface area contributed by atoms with Crippen molar-refractivity contribution >= 4 is 22.9 Å². The van der Waals surface area contributed by atoms with Crippen molar-refractivity contribution in [3.63, 3.8) is 0 Å². The number of aromatic nitrogens is 2. The summed E-state index contributed by atoms with van der Waals surface area (Å²) in [4.78, 5) is 34.2. The van der Waals surface area contributed by atoms with Gasteiger partial charge in [0, 0.05) is 19.2 Å². The zero-order valence-corrected chi connectivity index (χ0v) is 13.5. The number of likely N-dealkylation sites (tertiary alicyclic amines) is 1. The van der Waals surface area contributed by atoms with Crippen molar-refractivity contribution in [2.75, 3.05) is 13.1 Å². The lowest BCUT2D eigenvalue weighted by Crippen LogP contribution is -2.42. The summed E-state index contributed by atoms with van der Waals surface area (Å²) in [5, 5.41) is 9.17. The molecular formula is C17H18FN3O3. The molecule has 1 fully saturated rings. The Morgan fingerprint density at radius 2 is 1.96 bits per heavy atom. The van der Waals surface area contributed by atoms with Gasteiger partial charge in [0.2, 0.25) is 0 Å². The number of aliphatic carboxylic acids is 1. The minimum absolute atomic E-state index is 0.129. The Hall–Kier alpha value is -2.57. The number of piperidine rings is 1. The molecule has 24 heavy (non-hydrogen) atoms. The monoisotopic (exact) mass is 331 g/mol. The number of fused-ring (bicyclic) bond motifs is 1. The number of carbonyl (C=O) groups is 2. The summed E-state index contributed by atoms with van der Waals surface area (Å²) < 4.78 is 13.9. The lowest BCUT2D eigenvalue weighted by molar-refractivity contribution is -0.143. The second kappa shape index (κ2) is 6.14. The first-order valence-electron chi connectivity index (χ1n) is 7.83. The van der Waals surface area contributed by atoms with Gasteiger partial charge < -0.3 is 10.0 Å². The topological polar surface area (TPSA) is 83.4 Å². The van der Waals surface area contributed by atoms with Crippen LogP contribution in [0.2, 0.25) is 0 Å². The van der Waals surface area contributed by atoms with Crippen molar-refractivity contribution in [3.05, 3.63) is 34.9 Å². The van der Waals surface area contributed by atoms with Crippen LogP contribution in [0.5, 0.6) is 0 Å². The molecule has 1 unspecified atom stereocenters. The fourth-order valence-electron chi connectivity index (χ4n) is 2.99.